The highest BCUT2D eigenvalue weighted by molar-refractivity contribution is 5.27. The van der Waals surface area contributed by atoms with Crippen LogP contribution >= 0.6 is 0 Å². The number of ether oxygens (including phenoxy) is 2. The Hall–Kier alpha value is -1.24. The van der Waals surface area contributed by atoms with Gasteiger partial charge in [-0.25, -0.2) is 0 Å². The summed E-state index contributed by atoms with van der Waals surface area (Å²) in [5.74, 6) is 0.167. The summed E-state index contributed by atoms with van der Waals surface area (Å²) in [6.07, 6.45) is 1.87. The molecule has 114 valence electrons. The van der Waals surface area contributed by atoms with Crippen LogP contribution in [0.2, 0.25) is 0 Å². The molecule has 1 aromatic carbocycles. The maximum absolute atomic E-state index is 12.0. The molecule has 0 saturated heterocycles. The summed E-state index contributed by atoms with van der Waals surface area (Å²) in [7, 11) is 1.66. The van der Waals surface area contributed by atoms with Crippen molar-refractivity contribution in [3.63, 3.8) is 0 Å². The van der Waals surface area contributed by atoms with E-state index >= 15 is 0 Å². The normalized spacial score (nSPS) is 12.7. The van der Waals surface area contributed by atoms with Crippen LogP contribution in [0.25, 0.3) is 0 Å². The number of nitrogens with one attached hydrogen (secondary N) is 1. The summed E-state index contributed by atoms with van der Waals surface area (Å²) in [6.45, 7) is -0.872. The maximum Gasteiger partial charge on any atom is 0.387 e. The van der Waals surface area contributed by atoms with Gasteiger partial charge in [-0.05, 0) is 37.1 Å². The Kier molecular flexibility index (Phi) is 8.10. The summed E-state index contributed by atoms with van der Waals surface area (Å²) in [6, 6.07) is 6.83. The topological polar surface area (TPSA) is 56.5 Å². The van der Waals surface area contributed by atoms with Gasteiger partial charge in [-0.15, -0.1) is 0 Å². The van der Waals surface area contributed by atoms with E-state index in [1.165, 1.54) is 12.1 Å². The molecule has 0 spiro atoms. The lowest BCUT2D eigenvalue weighted by molar-refractivity contribution is -0.0498. The fraction of sp³-hybridized carbons (Fsp3) is 0.571. The molecular weight excluding hydrogens is 266 g/mol. The molecule has 0 bridgehead atoms. The first kappa shape index (κ1) is 16.8. The quantitative estimate of drug-likeness (QED) is 0.692. The zero-order valence-corrected chi connectivity index (χ0v) is 11.6. The molecule has 4 nitrogen and oxygen atoms in total. The van der Waals surface area contributed by atoms with Gasteiger partial charge in [0.15, 0.2) is 0 Å². The Labute approximate surface area is 118 Å². The zero-order chi connectivity index (χ0) is 14.8. The van der Waals surface area contributed by atoms with Crippen LogP contribution in [0.4, 0.5) is 8.78 Å². The molecule has 1 unspecified atom stereocenters. The molecule has 1 rings (SSSR count). The molecule has 0 aliphatic rings. The summed E-state index contributed by atoms with van der Waals surface area (Å²) in [4.78, 5) is 0. The minimum Gasteiger partial charge on any atom is -0.435 e. The van der Waals surface area contributed by atoms with E-state index < -0.39 is 6.61 Å². The summed E-state index contributed by atoms with van der Waals surface area (Å²) in [5.41, 5.74) is 6.49. The molecule has 0 radical (unpaired) electrons. The first-order valence-electron chi connectivity index (χ1n) is 6.62. The highest BCUT2D eigenvalue weighted by Gasteiger charge is 2.08. The number of nitrogens with two attached hydrogens (primary N) is 1. The average molecular weight is 288 g/mol. The van der Waals surface area contributed by atoms with Crippen LogP contribution in [0.5, 0.6) is 5.75 Å². The second-order valence-corrected chi connectivity index (χ2v) is 4.49. The van der Waals surface area contributed by atoms with E-state index in [0.29, 0.717) is 19.7 Å². The van der Waals surface area contributed by atoms with Crippen molar-refractivity contribution in [2.45, 2.75) is 32.0 Å². The minimum atomic E-state index is -2.79. The van der Waals surface area contributed by atoms with Gasteiger partial charge >= 0.3 is 6.61 Å². The Morgan fingerprint density at radius 3 is 2.50 bits per heavy atom. The standard InChI is InChI=1S/C14H22F2N2O2/c1-19-10-12(3-2-8-17)18-9-11-4-6-13(7-5-11)20-14(15)16/h4-7,12,14,18H,2-3,8-10,17H2,1H3. The van der Waals surface area contributed by atoms with E-state index in [2.05, 4.69) is 10.1 Å². The highest BCUT2D eigenvalue weighted by atomic mass is 19.3. The van der Waals surface area contributed by atoms with Gasteiger partial charge in [0.2, 0.25) is 0 Å². The monoisotopic (exact) mass is 288 g/mol. The molecule has 3 N–H and O–H groups in total. The number of hydrogen-bond donors (Lipinski definition) is 2. The maximum atomic E-state index is 12.0. The number of alkyl halides is 2. The van der Waals surface area contributed by atoms with Crippen molar-refractivity contribution in [2.24, 2.45) is 5.73 Å². The number of rotatable bonds is 10. The van der Waals surface area contributed by atoms with Gasteiger partial charge < -0.3 is 20.5 Å². The number of benzene rings is 1. The SMILES string of the molecule is COCC(CCCN)NCc1ccc(OC(F)F)cc1. The third-order valence-corrected chi connectivity index (χ3v) is 2.87. The third-order valence-electron chi connectivity index (χ3n) is 2.87. The summed E-state index contributed by atoms with van der Waals surface area (Å²) < 4.78 is 33.5. The van der Waals surface area contributed by atoms with Crippen LogP contribution < -0.4 is 15.8 Å². The van der Waals surface area contributed by atoms with Gasteiger partial charge in [-0.3, -0.25) is 0 Å². The lowest BCUT2D eigenvalue weighted by atomic mass is 10.1. The Balaban J connectivity index is 2.42. The van der Waals surface area contributed by atoms with Crippen molar-refractivity contribution in [3.8, 4) is 5.75 Å². The largest absolute Gasteiger partial charge is 0.435 e. The van der Waals surface area contributed by atoms with E-state index in [-0.39, 0.29) is 11.8 Å². The van der Waals surface area contributed by atoms with Crippen LogP contribution in [0.15, 0.2) is 24.3 Å². The fourth-order valence-corrected chi connectivity index (χ4v) is 1.86. The van der Waals surface area contributed by atoms with Crippen LogP contribution in [-0.2, 0) is 11.3 Å². The molecule has 0 amide bonds. The number of methoxy groups -OCH3 is 1. The Morgan fingerprint density at radius 1 is 1.25 bits per heavy atom. The third kappa shape index (κ3) is 6.79. The second-order valence-electron chi connectivity index (χ2n) is 4.49. The Morgan fingerprint density at radius 2 is 1.95 bits per heavy atom. The Bertz CT molecular complexity index is 361. The van der Waals surface area contributed by atoms with Crippen molar-refractivity contribution in [2.75, 3.05) is 20.3 Å². The van der Waals surface area contributed by atoms with Gasteiger partial charge in [0.1, 0.15) is 5.75 Å². The first-order chi connectivity index (χ1) is 9.65. The van der Waals surface area contributed by atoms with Crippen LogP contribution in [0, 0.1) is 0 Å². The van der Waals surface area contributed by atoms with E-state index in [4.69, 9.17) is 10.5 Å². The van der Waals surface area contributed by atoms with Crippen LogP contribution in [0.3, 0.4) is 0 Å². The fourth-order valence-electron chi connectivity index (χ4n) is 1.86. The lowest BCUT2D eigenvalue weighted by Crippen LogP contribution is -2.33. The molecular formula is C14H22F2N2O2. The molecule has 1 atom stereocenters. The van der Waals surface area contributed by atoms with Crippen LogP contribution in [0.1, 0.15) is 18.4 Å². The van der Waals surface area contributed by atoms with Crippen molar-refractivity contribution in [3.05, 3.63) is 29.8 Å². The van der Waals surface area contributed by atoms with Gasteiger partial charge in [0.05, 0.1) is 6.61 Å². The van der Waals surface area contributed by atoms with E-state index in [9.17, 15) is 8.78 Å². The van der Waals surface area contributed by atoms with Gasteiger partial charge in [-0.2, -0.15) is 8.78 Å². The number of hydrogen-bond acceptors (Lipinski definition) is 4. The smallest absolute Gasteiger partial charge is 0.387 e. The molecule has 20 heavy (non-hydrogen) atoms. The minimum absolute atomic E-state index is 0.167. The summed E-state index contributed by atoms with van der Waals surface area (Å²) in [5, 5.41) is 3.36. The molecule has 0 aromatic heterocycles. The highest BCUT2D eigenvalue weighted by Crippen LogP contribution is 2.15. The molecule has 0 aliphatic carbocycles. The molecule has 0 saturated carbocycles. The van der Waals surface area contributed by atoms with Crippen LogP contribution in [-0.4, -0.2) is 32.9 Å². The second kappa shape index (κ2) is 9.63. The molecule has 6 heteroatoms. The average Bonchev–Trinajstić information content (AvgIpc) is 2.43. The zero-order valence-electron chi connectivity index (χ0n) is 11.6. The molecule has 0 heterocycles. The molecule has 1 aromatic rings. The van der Waals surface area contributed by atoms with Gasteiger partial charge in [-0.1, -0.05) is 12.1 Å². The first-order valence-corrected chi connectivity index (χ1v) is 6.62. The summed E-state index contributed by atoms with van der Waals surface area (Å²) >= 11 is 0. The number of halogens is 2. The van der Waals surface area contributed by atoms with Crippen molar-refractivity contribution >= 4 is 0 Å². The van der Waals surface area contributed by atoms with Crippen molar-refractivity contribution < 1.29 is 18.3 Å². The van der Waals surface area contributed by atoms with Crippen molar-refractivity contribution in [1.29, 1.82) is 0 Å². The van der Waals surface area contributed by atoms with Gasteiger partial charge in [0.25, 0.3) is 0 Å². The van der Waals surface area contributed by atoms with Crippen molar-refractivity contribution in [1.82, 2.24) is 5.32 Å². The van der Waals surface area contributed by atoms with E-state index in [1.54, 1.807) is 19.2 Å². The molecule has 0 fully saturated rings. The van der Waals surface area contributed by atoms with E-state index in [1.807, 2.05) is 0 Å². The molecule has 0 aliphatic heterocycles. The van der Waals surface area contributed by atoms with Gasteiger partial charge in [0, 0.05) is 19.7 Å². The van der Waals surface area contributed by atoms with E-state index in [0.717, 1.165) is 18.4 Å². The predicted molar refractivity (Wildman–Crippen MR) is 73.9 cm³/mol. The lowest BCUT2D eigenvalue weighted by Gasteiger charge is -2.17. The predicted octanol–water partition coefficient (Wildman–Crippen LogP) is 2.13.